The molecule has 0 aromatic heterocycles. The number of alkyl halides is 1. The van der Waals surface area contributed by atoms with Crippen LogP contribution in [0.25, 0.3) is 0 Å². The molecule has 0 unspecified atom stereocenters. The Hall–Kier alpha value is -0.640. The smallest absolute Gasteiger partial charge is 0.225 e. The number of nitrogens with zero attached hydrogens (tertiary/aromatic N) is 1. The number of ether oxygens (including phenoxy) is 1. The highest BCUT2D eigenvalue weighted by molar-refractivity contribution is 5.77. The predicted octanol–water partition coefficient (Wildman–Crippen LogP) is 1.91. The van der Waals surface area contributed by atoms with E-state index in [0.29, 0.717) is 6.42 Å². The van der Waals surface area contributed by atoms with Gasteiger partial charge in [-0.3, -0.25) is 4.79 Å². The molecule has 16 heavy (non-hydrogen) atoms. The van der Waals surface area contributed by atoms with E-state index in [-0.39, 0.29) is 18.1 Å². The first kappa shape index (κ1) is 11.8. The second-order valence-electron chi connectivity index (χ2n) is 4.73. The molecule has 92 valence electrons. The molecule has 3 nitrogen and oxygen atoms in total. The quantitative estimate of drug-likeness (QED) is 0.739. The Kier molecular flexibility index (Phi) is 4.16. The third-order valence-electron chi connectivity index (χ3n) is 3.55. The van der Waals surface area contributed by atoms with Crippen LogP contribution in [0.2, 0.25) is 0 Å². The van der Waals surface area contributed by atoms with Crippen LogP contribution >= 0.6 is 0 Å². The SMILES string of the molecule is O=C(C[C@H]1CCCCO1)N1CCC[C@H]1CF. The first-order valence-corrected chi connectivity index (χ1v) is 6.28. The third-order valence-corrected chi connectivity index (χ3v) is 3.55. The summed E-state index contributed by atoms with van der Waals surface area (Å²) in [5.41, 5.74) is 0. The van der Waals surface area contributed by atoms with Crippen molar-refractivity contribution in [2.24, 2.45) is 0 Å². The van der Waals surface area contributed by atoms with Crippen LogP contribution in [0, 0.1) is 0 Å². The van der Waals surface area contributed by atoms with Crippen LogP contribution in [0.4, 0.5) is 4.39 Å². The summed E-state index contributed by atoms with van der Waals surface area (Å²) in [6.45, 7) is 1.09. The second kappa shape index (κ2) is 5.62. The van der Waals surface area contributed by atoms with Gasteiger partial charge in [0.15, 0.2) is 0 Å². The monoisotopic (exact) mass is 229 g/mol. The van der Waals surface area contributed by atoms with E-state index in [9.17, 15) is 9.18 Å². The Balaban J connectivity index is 1.82. The average molecular weight is 229 g/mol. The van der Waals surface area contributed by atoms with Crippen LogP contribution in [0.3, 0.4) is 0 Å². The van der Waals surface area contributed by atoms with Crippen molar-refractivity contribution in [1.29, 1.82) is 0 Å². The number of hydrogen-bond acceptors (Lipinski definition) is 2. The largest absolute Gasteiger partial charge is 0.378 e. The van der Waals surface area contributed by atoms with Gasteiger partial charge in [-0.05, 0) is 32.1 Å². The molecular formula is C12H20FNO2. The third kappa shape index (κ3) is 2.73. The van der Waals surface area contributed by atoms with Gasteiger partial charge >= 0.3 is 0 Å². The summed E-state index contributed by atoms with van der Waals surface area (Å²) < 4.78 is 18.2. The minimum Gasteiger partial charge on any atom is -0.378 e. The van der Waals surface area contributed by atoms with Crippen LogP contribution in [-0.4, -0.2) is 42.8 Å². The van der Waals surface area contributed by atoms with Gasteiger partial charge in [-0.15, -0.1) is 0 Å². The molecule has 1 amide bonds. The number of hydrogen-bond donors (Lipinski definition) is 0. The molecule has 4 heteroatoms. The van der Waals surface area contributed by atoms with E-state index in [0.717, 1.165) is 45.3 Å². The van der Waals surface area contributed by atoms with E-state index >= 15 is 0 Å². The number of carbonyl (C=O) groups excluding carboxylic acids is 1. The van der Waals surface area contributed by atoms with Crippen molar-refractivity contribution in [3.8, 4) is 0 Å². The molecule has 2 aliphatic rings. The maximum Gasteiger partial charge on any atom is 0.225 e. The predicted molar refractivity (Wildman–Crippen MR) is 58.9 cm³/mol. The summed E-state index contributed by atoms with van der Waals surface area (Å²) >= 11 is 0. The van der Waals surface area contributed by atoms with E-state index in [1.165, 1.54) is 0 Å². The molecule has 2 atom stereocenters. The normalized spacial score (nSPS) is 30.7. The zero-order valence-corrected chi connectivity index (χ0v) is 9.66. The standard InChI is InChI=1S/C12H20FNO2/c13-9-10-4-3-6-14(10)12(15)8-11-5-1-2-7-16-11/h10-11H,1-9H2/t10-,11+/m0/s1. The lowest BCUT2D eigenvalue weighted by molar-refractivity contribution is -0.136. The second-order valence-corrected chi connectivity index (χ2v) is 4.73. The fourth-order valence-corrected chi connectivity index (χ4v) is 2.60. The maximum atomic E-state index is 12.7. The zero-order chi connectivity index (χ0) is 11.4. The van der Waals surface area contributed by atoms with Gasteiger partial charge in [0.25, 0.3) is 0 Å². The van der Waals surface area contributed by atoms with Crippen molar-refractivity contribution in [2.75, 3.05) is 19.8 Å². The summed E-state index contributed by atoms with van der Waals surface area (Å²) in [6.07, 6.45) is 5.48. The zero-order valence-electron chi connectivity index (χ0n) is 9.66. The first-order chi connectivity index (χ1) is 7.81. The van der Waals surface area contributed by atoms with Crippen LogP contribution < -0.4 is 0 Å². The minimum atomic E-state index is -0.405. The van der Waals surface area contributed by atoms with Crippen LogP contribution in [0.5, 0.6) is 0 Å². The summed E-state index contributed by atoms with van der Waals surface area (Å²) in [4.78, 5) is 13.7. The van der Waals surface area contributed by atoms with Crippen molar-refractivity contribution in [3.05, 3.63) is 0 Å². The first-order valence-electron chi connectivity index (χ1n) is 6.28. The highest BCUT2D eigenvalue weighted by Crippen LogP contribution is 2.22. The summed E-state index contributed by atoms with van der Waals surface area (Å²) in [5, 5.41) is 0. The van der Waals surface area contributed by atoms with Crippen molar-refractivity contribution in [2.45, 2.75) is 50.7 Å². The van der Waals surface area contributed by atoms with Crippen molar-refractivity contribution in [1.82, 2.24) is 4.90 Å². The van der Waals surface area contributed by atoms with Gasteiger partial charge in [0.2, 0.25) is 5.91 Å². The lowest BCUT2D eigenvalue weighted by Gasteiger charge is -2.27. The molecule has 2 heterocycles. The highest BCUT2D eigenvalue weighted by atomic mass is 19.1. The Bertz CT molecular complexity index is 241. The van der Waals surface area contributed by atoms with E-state index in [1.807, 2.05) is 0 Å². The number of carbonyl (C=O) groups is 1. The molecule has 2 aliphatic heterocycles. The van der Waals surface area contributed by atoms with Crippen LogP contribution in [0.15, 0.2) is 0 Å². The van der Waals surface area contributed by atoms with Crippen molar-refractivity contribution >= 4 is 5.91 Å². The number of likely N-dealkylation sites (tertiary alicyclic amines) is 1. The molecule has 0 saturated carbocycles. The highest BCUT2D eigenvalue weighted by Gasteiger charge is 2.30. The summed E-state index contributed by atoms with van der Waals surface area (Å²) in [6, 6.07) is -0.170. The van der Waals surface area contributed by atoms with Crippen LogP contribution in [-0.2, 0) is 9.53 Å². The maximum absolute atomic E-state index is 12.7. The Morgan fingerprint density at radius 3 is 2.88 bits per heavy atom. The Morgan fingerprint density at radius 2 is 2.19 bits per heavy atom. The van der Waals surface area contributed by atoms with E-state index in [1.54, 1.807) is 4.90 Å². The fraction of sp³-hybridized carbons (Fsp3) is 0.917. The molecule has 0 aromatic carbocycles. The van der Waals surface area contributed by atoms with E-state index < -0.39 is 6.67 Å². The Morgan fingerprint density at radius 1 is 1.31 bits per heavy atom. The van der Waals surface area contributed by atoms with Crippen LogP contribution in [0.1, 0.15) is 38.5 Å². The van der Waals surface area contributed by atoms with Gasteiger partial charge in [-0.2, -0.15) is 0 Å². The molecule has 0 radical (unpaired) electrons. The molecule has 2 rings (SSSR count). The molecule has 0 N–H and O–H groups in total. The van der Waals surface area contributed by atoms with Gasteiger partial charge < -0.3 is 9.64 Å². The van der Waals surface area contributed by atoms with Gasteiger partial charge in [-0.25, -0.2) is 4.39 Å². The van der Waals surface area contributed by atoms with Gasteiger partial charge in [0, 0.05) is 13.2 Å². The number of rotatable bonds is 3. The van der Waals surface area contributed by atoms with E-state index in [2.05, 4.69) is 0 Å². The minimum absolute atomic E-state index is 0.0714. The molecule has 0 aromatic rings. The number of amides is 1. The molecule has 0 bridgehead atoms. The summed E-state index contributed by atoms with van der Waals surface area (Å²) in [7, 11) is 0. The fourth-order valence-electron chi connectivity index (χ4n) is 2.60. The molecule has 0 spiro atoms. The average Bonchev–Trinajstić information content (AvgIpc) is 2.78. The summed E-state index contributed by atoms with van der Waals surface area (Å²) in [5.74, 6) is 0.0760. The molecule has 0 aliphatic carbocycles. The van der Waals surface area contributed by atoms with Crippen molar-refractivity contribution < 1.29 is 13.9 Å². The van der Waals surface area contributed by atoms with Crippen molar-refractivity contribution in [3.63, 3.8) is 0 Å². The molecule has 2 saturated heterocycles. The van der Waals surface area contributed by atoms with E-state index in [4.69, 9.17) is 4.74 Å². The molecule has 2 fully saturated rings. The van der Waals surface area contributed by atoms with Gasteiger partial charge in [0.05, 0.1) is 18.6 Å². The lowest BCUT2D eigenvalue weighted by Crippen LogP contribution is -2.39. The lowest BCUT2D eigenvalue weighted by atomic mass is 10.1. The number of halogens is 1. The Labute approximate surface area is 95.9 Å². The topological polar surface area (TPSA) is 29.5 Å². The van der Waals surface area contributed by atoms with Gasteiger partial charge in [0.1, 0.15) is 6.67 Å². The molecular weight excluding hydrogens is 209 g/mol. The van der Waals surface area contributed by atoms with Gasteiger partial charge in [-0.1, -0.05) is 0 Å².